The van der Waals surface area contributed by atoms with Crippen LogP contribution >= 0.6 is 0 Å². The topological polar surface area (TPSA) is 60.7 Å². The zero-order valence-electron chi connectivity index (χ0n) is 10.8. The minimum atomic E-state index is -0.314. The number of rotatable bonds is 4. The molecule has 0 atom stereocenters. The van der Waals surface area contributed by atoms with Gasteiger partial charge in [0.1, 0.15) is 17.7 Å². The second-order valence-corrected chi connectivity index (χ2v) is 4.41. The fourth-order valence-electron chi connectivity index (χ4n) is 2.13. The van der Waals surface area contributed by atoms with Crippen LogP contribution in [0.25, 0.3) is 11.0 Å². The van der Waals surface area contributed by atoms with E-state index in [-0.39, 0.29) is 5.63 Å². The Labute approximate surface area is 106 Å². The Hall–Kier alpha value is -1.81. The fourth-order valence-corrected chi connectivity index (χ4v) is 2.13. The van der Waals surface area contributed by atoms with Gasteiger partial charge in [-0.25, -0.2) is 4.79 Å². The third kappa shape index (κ3) is 2.24. The number of nitrogen functional groups attached to an aromatic ring is 1. The predicted molar refractivity (Wildman–Crippen MR) is 72.6 cm³/mol. The van der Waals surface area contributed by atoms with Crippen LogP contribution in [0, 0.1) is 0 Å². The molecule has 0 saturated heterocycles. The number of fused-ring (bicyclic) bond motifs is 1. The lowest BCUT2D eigenvalue weighted by Crippen LogP contribution is -3.10. The van der Waals surface area contributed by atoms with Crippen LogP contribution in [-0.2, 0) is 6.54 Å². The number of hydrogen-bond donors (Lipinski definition) is 2. The highest BCUT2D eigenvalue weighted by Crippen LogP contribution is 2.21. The molecule has 0 unspecified atom stereocenters. The van der Waals surface area contributed by atoms with Gasteiger partial charge in [-0.15, -0.1) is 0 Å². The lowest BCUT2D eigenvalue weighted by atomic mass is 10.1. The number of hydrogen-bond acceptors (Lipinski definition) is 3. The van der Waals surface area contributed by atoms with Crippen molar-refractivity contribution in [3.63, 3.8) is 0 Å². The Bertz CT molecular complexity index is 600. The molecule has 0 saturated carbocycles. The standard InChI is InChI=1S/C14H18N2O2/c1-3-16(4-2)9-11-13(15)10-7-5-6-8-12(10)18-14(11)17/h5-8H,3-4,9,15H2,1-2H3/p+1. The summed E-state index contributed by atoms with van der Waals surface area (Å²) in [6.07, 6.45) is 0. The molecule has 0 radical (unpaired) electrons. The van der Waals surface area contributed by atoms with E-state index in [1.807, 2.05) is 18.2 Å². The van der Waals surface area contributed by atoms with Gasteiger partial charge < -0.3 is 15.1 Å². The number of benzene rings is 1. The molecule has 0 spiro atoms. The van der Waals surface area contributed by atoms with Crippen LogP contribution in [-0.4, -0.2) is 13.1 Å². The second-order valence-electron chi connectivity index (χ2n) is 4.41. The van der Waals surface area contributed by atoms with Crippen molar-refractivity contribution in [3.8, 4) is 0 Å². The van der Waals surface area contributed by atoms with Gasteiger partial charge in [0, 0.05) is 5.39 Å². The Morgan fingerprint density at radius 1 is 1.22 bits per heavy atom. The van der Waals surface area contributed by atoms with E-state index in [0.717, 1.165) is 18.5 Å². The zero-order chi connectivity index (χ0) is 13.1. The minimum Gasteiger partial charge on any atom is -0.422 e. The summed E-state index contributed by atoms with van der Waals surface area (Å²) >= 11 is 0. The van der Waals surface area contributed by atoms with Gasteiger partial charge in [-0.2, -0.15) is 0 Å². The van der Waals surface area contributed by atoms with Gasteiger partial charge in [0.05, 0.1) is 18.8 Å². The monoisotopic (exact) mass is 247 g/mol. The summed E-state index contributed by atoms with van der Waals surface area (Å²) in [5.74, 6) is 0. The molecule has 4 nitrogen and oxygen atoms in total. The molecular formula is C14H19N2O2+. The largest absolute Gasteiger partial charge is 0.422 e. The second kappa shape index (κ2) is 5.23. The van der Waals surface area contributed by atoms with Crippen molar-refractivity contribution in [1.82, 2.24) is 0 Å². The van der Waals surface area contributed by atoms with Gasteiger partial charge in [0.15, 0.2) is 0 Å². The van der Waals surface area contributed by atoms with Crippen molar-refractivity contribution in [2.45, 2.75) is 20.4 Å². The first-order valence-corrected chi connectivity index (χ1v) is 6.31. The van der Waals surface area contributed by atoms with Gasteiger partial charge in [-0.1, -0.05) is 12.1 Å². The van der Waals surface area contributed by atoms with E-state index >= 15 is 0 Å². The molecule has 18 heavy (non-hydrogen) atoms. The molecule has 0 bridgehead atoms. The molecule has 0 aliphatic carbocycles. The molecular weight excluding hydrogens is 228 g/mol. The third-order valence-electron chi connectivity index (χ3n) is 3.38. The zero-order valence-corrected chi connectivity index (χ0v) is 10.8. The molecule has 3 N–H and O–H groups in total. The predicted octanol–water partition coefficient (Wildman–Crippen LogP) is 0.800. The quantitative estimate of drug-likeness (QED) is 0.786. The van der Waals surface area contributed by atoms with Crippen molar-refractivity contribution in [2.75, 3.05) is 18.8 Å². The number of anilines is 1. The van der Waals surface area contributed by atoms with E-state index < -0.39 is 0 Å². The van der Waals surface area contributed by atoms with Gasteiger partial charge in [0.25, 0.3) is 0 Å². The summed E-state index contributed by atoms with van der Waals surface area (Å²) in [6.45, 7) is 6.73. The molecule has 1 aromatic carbocycles. The van der Waals surface area contributed by atoms with E-state index in [2.05, 4.69) is 13.8 Å². The van der Waals surface area contributed by atoms with Crippen molar-refractivity contribution in [2.24, 2.45) is 0 Å². The average Bonchev–Trinajstić information content (AvgIpc) is 2.39. The van der Waals surface area contributed by atoms with Crippen molar-refractivity contribution >= 4 is 16.7 Å². The summed E-state index contributed by atoms with van der Waals surface area (Å²) < 4.78 is 5.31. The maximum Gasteiger partial charge on any atom is 0.347 e. The first kappa shape index (κ1) is 12.6. The van der Waals surface area contributed by atoms with Crippen LogP contribution in [0.3, 0.4) is 0 Å². The summed E-state index contributed by atoms with van der Waals surface area (Å²) in [5.41, 5.74) is 7.49. The van der Waals surface area contributed by atoms with Crippen molar-refractivity contribution in [1.29, 1.82) is 0 Å². The molecule has 0 fully saturated rings. The minimum absolute atomic E-state index is 0.314. The fraction of sp³-hybridized carbons (Fsp3) is 0.357. The maximum atomic E-state index is 12.0. The van der Waals surface area contributed by atoms with Crippen LogP contribution < -0.4 is 16.3 Å². The maximum absolute atomic E-state index is 12.0. The number of para-hydroxylation sites is 1. The highest BCUT2D eigenvalue weighted by Gasteiger charge is 2.16. The van der Waals surface area contributed by atoms with E-state index in [1.54, 1.807) is 6.07 Å². The molecule has 2 rings (SSSR count). The van der Waals surface area contributed by atoms with E-state index in [1.165, 1.54) is 4.90 Å². The van der Waals surface area contributed by atoms with Crippen LogP contribution in [0.5, 0.6) is 0 Å². The third-order valence-corrected chi connectivity index (χ3v) is 3.38. The summed E-state index contributed by atoms with van der Waals surface area (Å²) in [7, 11) is 0. The molecule has 96 valence electrons. The van der Waals surface area contributed by atoms with Gasteiger partial charge in [-0.3, -0.25) is 0 Å². The molecule has 2 aromatic rings. The Morgan fingerprint density at radius 2 is 1.89 bits per heavy atom. The molecule has 0 aliphatic rings. The smallest absolute Gasteiger partial charge is 0.347 e. The SMILES string of the molecule is CC[NH+](CC)Cc1c(N)c2ccccc2oc1=O. The number of nitrogens with two attached hydrogens (primary N) is 1. The van der Waals surface area contributed by atoms with Crippen LogP contribution in [0.2, 0.25) is 0 Å². The molecule has 4 heteroatoms. The highest BCUT2D eigenvalue weighted by atomic mass is 16.4. The van der Waals surface area contributed by atoms with E-state index in [9.17, 15) is 4.79 Å². The van der Waals surface area contributed by atoms with Gasteiger partial charge in [0.2, 0.25) is 0 Å². The molecule has 1 aromatic heterocycles. The van der Waals surface area contributed by atoms with Crippen molar-refractivity contribution < 1.29 is 9.32 Å². The summed E-state index contributed by atoms with van der Waals surface area (Å²) in [5, 5.41) is 0.818. The van der Waals surface area contributed by atoms with Gasteiger partial charge >= 0.3 is 5.63 Å². The van der Waals surface area contributed by atoms with Crippen LogP contribution in [0.4, 0.5) is 5.69 Å². The Kier molecular flexibility index (Phi) is 3.67. The first-order chi connectivity index (χ1) is 8.67. The summed E-state index contributed by atoms with van der Waals surface area (Å²) in [6, 6.07) is 7.38. The van der Waals surface area contributed by atoms with Crippen LogP contribution in [0.15, 0.2) is 33.5 Å². The Balaban J connectivity index is 2.54. The van der Waals surface area contributed by atoms with E-state index in [0.29, 0.717) is 23.4 Å². The number of nitrogens with one attached hydrogen (secondary N) is 1. The lowest BCUT2D eigenvalue weighted by Gasteiger charge is -2.16. The van der Waals surface area contributed by atoms with Gasteiger partial charge in [-0.05, 0) is 26.0 Å². The average molecular weight is 247 g/mol. The first-order valence-electron chi connectivity index (χ1n) is 6.31. The van der Waals surface area contributed by atoms with E-state index in [4.69, 9.17) is 10.2 Å². The highest BCUT2D eigenvalue weighted by molar-refractivity contribution is 5.89. The molecule has 0 aliphatic heterocycles. The lowest BCUT2D eigenvalue weighted by molar-refractivity contribution is -0.910. The van der Waals surface area contributed by atoms with Crippen molar-refractivity contribution in [3.05, 3.63) is 40.2 Å². The summed E-state index contributed by atoms with van der Waals surface area (Å²) in [4.78, 5) is 13.3. The molecule has 1 heterocycles. The van der Waals surface area contributed by atoms with Crippen LogP contribution in [0.1, 0.15) is 19.4 Å². The Morgan fingerprint density at radius 3 is 2.56 bits per heavy atom. The number of quaternary nitrogens is 1. The normalized spacial score (nSPS) is 11.3. The molecule has 0 amide bonds.